The van der Waals surface area contributed by atoms with Crippen molar-refractivity contribution in [2.45, 2.75) is 12.7 Å². The van der Waals surface area contributed by atoms with Crippen LogP contribution in [-0.2, 0) is 11.4 Å². The molecular weight excluding hydrogens is 282 g/mol. The Morgan fingerprint density at radius 1 is 1.10 bits per heavy atom. The smallest absolute Gasteiger partial charge is 0.337 e. The molecule has 0 radical (unpaired) electrons. The van der Waals surface area contributed by atoms with E-state index in [1.807, 2.05) is 12.1 Å². The van der Waals surface area contributed by atoms with Gasteiger partial charge in [-0.2, -0.15) is 0 Å². The molecule has 108 valence electrons. The van der Waals surface area contributed by atoms with Crippen molar-refractivity contribution in [1.82, 2.24) is 4.98 Å². The summed E-state index contributed by atoms with van der Waals surface area (Å²) in [6, 6.07) is 13.7. The molecular formula is C14H16ClNO4. The number of pyridine rings is 1. The minimum atomic E-state index is -1.41. The minimum absolute atomic E-state index is 0. The molecule has 1 heterocycles. The van der Waals surface area contributed by atoms with E-state index in [0.29, 0.717) is 11.3 Å². The summed E-state index contributed by atoms with van der Waals surface area (Å²) >= 11 is 0. The first-order valence-electron chi connectivity index (χ1n) is 5.61. The molecule has 5 nitrogen and oxygen atoms in total. The summed E-state index contributed by atoms with van der Waals surface area (Å²) in [6.07, 6.45) is 0.252. The molecule has 0 saturated carbocycles. The van der Waals surface area contributed by atoms with Crippen molar-refractivity contribution in [2.75, 3.05) is 0 Å². The molecule has 1 aromatic heterocycles. The van der Waals surface area contributed by atoms with Gasteiger partial charge in [0.2, 0.25) is 0 Å². The molecule has 0 aliphatic carbocycles. The molecule has 0 spiro atoms. The molecule has 20 heavy (non-hydrogen) atoms. The Hall–Kier alpha value is -1.95. The largest absolute Gasteiger partial charge is 0.479 e. The Morgan fingerprint density at radius 2 is 1.70 bits per heavy atom. The topological polar surface area (TPSA) is 90.7 Å². The Kier molecular flexibility index (Phi) is 8.95. The lowest BCUT2D eigenvalue weighted by molar-refractivity contribution is -0.146. The fourth-order valence-electron chi connectivity index (χ4n) is 1.27. The number of carboxylic acid groups (broad SMARTS) is 1. The van der Waals surface area contributed by atoms with Crippen LogP contribution >= 0.6 is 12.4 Å². The summed E-state index contributed by atoms with van der Waals surface area (Å²) in [5.41, 5.74) is 1.12. The molecule has 2 aromatic rings. The van der Waals surface area contributed by atoms with Crippen LogP contribution in [0.4, 0.5) is 0 Å². The highest BCUT2D eigenvalue weighted by molar-refractivity contribution is 5.85. The predicted octanol–water partition coefficient (Wildman–Crippen LogP) is 1.80. The monoisotopic (exact) mass is 297 g/mol. The van der Waals surface area contributed by atoms with E-state index in [-0.39, 0.29) is 19.0 Å². The zero-order valence-electron chi connectivity index (χ0n) is 10.6. The number of carbonyl (C=O) groups is 1. The van der Waals surface area contributed by atoms with Crippen LogP contribution in [0.5, 0.6) is 0 Å². The number of hydrogen-bond donors (Lipinski definition) is 3. The van der Waals surface area contributed by atoms with E-state index < -0.39 is 12.1 Å². The van der Waals surface area contributed by atoms with Crippen molar-refractivity contribution in [2.24, 2.45) is 0 Å². The third-order valence-corrected chi connectivity index (χ3v) is 2.24. The highest BCUT2D eigenvalue weighted by Gasteiger charge is 2.14. The van der Waals surface area contributed by atoms with Gasteiger partial charge in [0.15, 0.2) is 6.10 Å². The summed E-state index contributed by atoms with van der Waals surface area (Å²) in [5, 5.41) is 25.9. The number of rotatable bonds is 3. The lowest BCUT2D eigenvalue weighted by atomic mass is 10.1. The first-order valence-corrected chi connectivity index (χ1v) is 5.61. The van der Waals surface area contributed by atoms with Gasteiger partial charge in [0.05, 0.1) is 12.3 Å². The van der Waals surface area contributed by atoms with Gasteiger partial charge in [-0.1, -0.05) is 36.4 Å². The van der Waals surface area contributed by atoms with Crippen LogP contribution in [-0.4, -0.2) is 26.3 Å². The molecule has 1 atom stereocenters. The quantitative estimate of drug-likeness (QED) is 0.803. The number of aromatic nitrogens is 1. The number of carboxylic acids is 1. The van der Waals surface area contributed by atoms with E-state index in [1.54, 1.807) is 42.6 Å². The molecule has 0 bridgehead atoms. The molecule has 0 aliphatic rings. The highest BCUT2D eigenvalue weighted by Crippen LogP contribution is 2.10. The van der Waals surface area contributed by atoms with E-state index in [1.165, 1.54) is 0 Å². The van der Waals surface area contributed by atoms with Crippen molar-refractivity contribution in [3.05, 3.63) is 66.0 Å². The number of aliphatic hydroxyl groups is 2. The third kappa shape index (κ3) is 6.29. The average Bonchev–Trinajstić information content (AvgIpc) is 2.48. The predicted molar refractivity (Wildman–Crippen MR) is 76.4 cm³/mol. The standard InChI is InChI=1S/C8H8O3.C6H7NO.ClH/c9-7(8(10)11)6-4-2-1-3-5-6;8-5-6-3-1-2-4-7-6;/h1-5,7,9H,(H,10,11);1-4,8H,5H2;1H. The molecule has 3 N–H and O–H groups in total. The summed E-state index contributed by atoms with van der Waals surface area (Å²) < 4.78 is 0. The summed E-state index contributed by atoms with van der Waals surface area (Å²) in [6.45, 7) is 0.0286. The molecule has 1 unspecified atom stereocenters. The van der Waals surface area contributed by atoms with Gasteiger partial charge in [0.25, 0.3) is 0 Å². The number of halogens is 1. The number of aliphatic carboxylic acids is 1. The van der Waals surface area contributed by atoms with Gasteiger partial charge < -0.3 is 15.3 Å². The molecule has 2 rings (SSSR count). The first kappa shape index (κ1) is 18.0. The van der Waals surface area contributed by atoms with Crippen LogP contribution in [0.3, 0.4) is 0 Å². The van der Waals surface area contributed by atoms with Crippen LogP contribution in [0.15, 0.2) is 54.7 Å². The summed E-state index contributed by atoms with van der Waals surface area (Å²) in [4.78, 5) is 14.1. The SMILES string of the molecule is Cl.O=C(O)C(O)c1ccccc1.OCc1ccccn1. The second-order valence-corrected chi connectivity index (χ2v) is 3.63. The van der Waals surface area contributed by atoms with Gasteiger partial charge in [-0.05, 0) is 17.7 Å². The second-order valence-electron chi connectivity index (χ2n) is 3.63. The first-order chi connectivity index (χ1) is 9.15. The van der Waals surface area contributed by atoms with Crippen molar-refractivity contribution >= 4 is 18.4 Å². The Labute approximate surface area is 123 Å². The van der Waals surface area contributed by atoms with Gasteiger partial charge in [-0.25, -0.2) is 4.79 Å². The van der Waals surface area contributed by atoms with Gasteiger partial charge in [-0.15, -0.1) is 12.4 Å². The van der Waals surface area contributed by atoms with E-state index in [2.05, 4.69) is 4.98 Å². The molecule has 6 heteroatoms. The second kappa shape index (κ2) is 9.91. The van der Waals surface area contributed by atoms with Crippen molar-refractivity contribution in [1.29, 1.82) is 0 Å². The summed E-state index contributed by atoms with van der Waals surface area (Å²) in [7, 11) is 0. The Balaban J connectivity index is 0.000000359. The average molecular weight is 298 g/mol. The van der Waals surface area contributed by atoms with Crippen LogP contribution < -0.4 is 0 Å². The minimum Gasteiger partial charge on any atom is -0.479 e. The van der Waals surface area contributed by atoms with Crippen LogP contribution in [0.2, 0.25) is 0 Å². The highest BCUT2D eigenvalue weighted by atomic mass is 35.5. The van der Waals surface area contributed by atoms with Gasteiger partial charge in [0.1, 0.15) is 0 Å². The molecule has 1 aromatic carbocycles. The summed E-state index contributed by atoms with van der Waals surface area (Å²) in [5.74, 6) is -1.23. The number of aliphatic hydroxyl groups excluding tert-OH is 2. The number of benzene rings is 1. The Bertz CT molecular complexity index is 493. The van der Waals surface area contributed by atoms with Crippen molar-refractivity contribution < 1.29 is 20.1 Å². The number of hydrogen-bond acceptors (Lipinski definition) is 4. The lowest BCUT2D eigenvalue weighted by Crippen LogP contribution is -2.09. The molecule has 0 fully saturated rings. The van der Waals surface area contributed by atoms with Crippen molar-refractivity contribution in [3.8, 4) is 0 Å². The maximum atomic E-state index is 10.2. The van der Waals surface area contributed by atoms with Gasteiger partial charge in [0, 0.05) is 6.20 Å². The lowest BCUT2D eigenvalue weighted by Gasteiger charge is -2.03. The van der Waals surface area contributed by atoms with E-state index >= 15 is 0 Å². The molecule has 0 saturated heterocycles. The fraction of sp³-hybridized carbons (Fsp3) is 0.143. The van der Waals surface area contributed by atoms with Crippen molar-refractivity contribution in [3.63, 3.8) is 0 Å². The zero-order chi connectivity index (χ0) is 14.1. The Morgan fingerprint density at radius 3 is 2.10 bits per heavy atom. The van der Waals surface area contributed by atoms with Gasteiger partial charge >= 0.3 is 5.97 Å². The van der Waals surface area contributed by atoms with E-state index in [4.69, 9.17) is 15.3 Å². The van der Waals surface area contributed by atoms with E-state index in [0.717, 1.165) is 0 Å². The maximum Gasteiger partial charge on any atom is 0.337 e. The zero-order valence-corrected chi connectivity index (χ0v) is 11.4. The fourth-order valence-corrected chi connectivity index (χ4v) is 1.27. The van der Waals surface area contributed by atoms with Crippen LogP contribution in [0.25, 0.3) is 0 Å². The third-order valence-electron chi connectivity index (χ3n) is 2.24. The van der Waals surface area contributed by atoms with Gasteiger partial charge in [-0.3, -0.25) is 4.98 Å². The number of nitrogens with zero attached hydrogens (tertiary/aromatic N) is 1. The van der Waals surface area contributed by atoms with E-state index in [9.17, 15) is 4.79 Å². The molecule has 0 aliphatic heterocycles. The molecule has 0 amide bonds. The normalized spacial score (nSPS) is 10.5. The van der Waals surface area contributed by atoms with Crippen LogP contribution in [0.1, 0.15) is 17.4 Å². The maximum absolute atomic E-state index is 10.2. The van der Waals surface area contributed by atoms with Crippen LogP contribution in [0, 0.1) is 0 Å².